The molecular formula is C27H25ClFN3O2S. The first kappa shape index (κ1) is 24.9. The van der Waals surface area contributed by atoms with Crippen molar-refractivity contribution < 1.29 is 9.18 Å². The molecule has 0 aliphatic rings. The molecule has 0 unspecified atom stereocenters. The number of carbonyl (C=O) groups excluding carboxylic acids is 1. The van der Waals surface area contributed by atoms with Crippen molar-refractivity contribution in [2.24, 2.45) is 0 Å². The van der Waals surface area contributed by atoms with Crippen LogP contribution in [-0.2, 0) is 18.7 Å². The van der Waals surface area contributed by atoms with Gasteiger partial charge in [0.2, 0.25) is 0 Å². The molecule has 0 atom stereocenters. The summed E-state index contributed by atoms with van der Waals surface area (Å²) in [7, 11) is 0. The number of amides is 1. The van der Waals surface area contributed by atoms with E-state index in [0.29, 0.717) is 45.2 Å². The monoisotopic (exact) mass is 509 g/mol. The van der Waals surface area contributed by atoms with Gasteiger partial charge in [-0.3, -0.25) is 14.2 Å². The number of aryl methyl sites for hydroxylation is 1. The molecule has 0 bridgehead atoms. The molecule has 0 spiro atoms. The summed E-state index contributed by atoms with van der Waals surface area (Å²) in [4.78, 5) is 30.7. The smallest absolute Gasteiger partial charge is 0.262 e. The van der Waals surface area contributed by atoms with Crippen molar-refractivity contribution in [3.05, 3.63) is 105 Å². The normalized spacial score (nSPS) is 11.2. The number of hydrogen-bond donors (Lipinski definition) is 1. The minimum atomic E-state index is -0.406. The number of fused-ring (bicyclic) bond motifs is 1. The van der Waals surface area contributed by atoms with Crippen LogP contribution in [0.15, 0.2) is 76.7 Å². The van der Waals surface area contributed by atoms with Crippen molar-refractivity contribution in [1.82, 2.24) is 14.9 Å². The van der Waals surface area contributed by atoms with Crippen LogP contribution in [-0.4, -0.2) is 21.5 Å². The highest BCUT2D eigenvalue weighted by Gasteiger charge is 2.16. The van der Waals surface area contributed by atoms with Crippen LogP contribution in [0.4, 0.5) is 4.39 Å². The number of hydrogen-bond acceptors (Lipinski definition) is 4. The zero-order chi connectivity index (χ0) is 24.9. The van der Waals surface area contributed by atoms with E-state index >= 15 is 0 Å². The van der Waals surface area contributed by atoms with Crippen molar-refractivity contribution in [2.45, 2.75) is 43.8 Å². The summed E-state index contributed by atoms with van der Waals surface area (Å²) < 4.78 is 16.0. The van der Waals surface area contributed by atoms with Crippen LogP contribution in [0.2, 0.25) is 5.02 Å². The van der Waals surface area contributed by atoms with Gasteiger partial charge < -0.3 is 5.32 Å². The molecule has 35 heavy (non-hydrogen) atoms. The van der Waals surface area contributed by atoms with E-state index in [1.807, 2.05) is 44.2 Å². The molecule has 3 aromatic carbocycles. The summed E-state index contributed by atoms with van der Waals surface area (Å²) in [6.45, 7) is 4.17. The second-order valence-electron chi connectivity index (χ2n) is 8.44. The summed E-state index contributed by atoms with van der Waals surface area (Å²) in [5.41, 5.74) is 2.09. The lowest BCUT2D eigenvalue weighted by molar-refractivity contribution is 0.0943. The largest absolute Gasteiger partial charge is 0.350 e. The second-order valence-corrected chi connectivity index (χ2v) is 9.79. The Balaban J connectivity index is 1.74. The molecule has 0 aliphatic carbocycles. The molecule has 180 valence electrons. The Kier molecular flexibility index (Phi) is 7.88. The highest BCUT2D eigenvalue weighted by atomic mass is 35.5. The molecule has 0 aliphatic heterocycles. The molecule has 0 fully saturated rings. The Labute approximate surface area is 212 Å². The molecule has 0 saturated carbocycles. The average Bonchev–Trinajstić information content (AvgIpc) is 2.83. The number of thioether (sulfide) groups is 1. The van der Waals surface area contributed by atoms with Gasteiger partial charge in [0.05, 0.1) is 10.9 Å². The number of aromatic nitrogens is 2. The van der Waals surface area contributed by atoms with Gasteiger partial charge in [0.25, 0.3) is 11.5 Å². The summed E-state index contributed by atoms with van der Waals surface area (Å²) >= 11 is 7.46. The molecule has 1 N–H and O–H groups in total. The maximum Gasteiger partial charge on any atom is 0.262 e. The molecule has 4 rings (SSSR count). The lowest BCUT2D eigenvalue weighted by atomic mass is 10.1. The number of nitrogens with zero attached hydrogens (tertiary/aromatic N) is 2. The maximum atomic E-state index is 14.4. The van der Waals surface area contributed by atoms with Gasteiger partial charge in [-0.2, -0.15) is 0 Å². The first-order chi connectivity index (χ1) is 16.8. The molecular weight excluding hydrogens is 485 g/mol. The van der Waals surface area contributed by atoms with Crippen LogP contribution in [0, 0.1) is 5.82 Å². The number of halogens is 2. The molecule has 0 radical (unpaired) electrons. The third-order valence-corrected chi connectivity index (χ3v) is 6.83. The van der Waals surface area contributed by atoms with E-state index in [0.717, 1.165) is 5.56 Å². The molecule has 5 nitrogen and oxygen atoms in total. The third kappa shape index (κ3) is 5.92. The molecule has 4 aromatic rings. The van der Waals surface area contributed by atoms with Crippen LogP contribution in [0.3, 0.4) is 0 Å². The maximum absolute atomic E-state index is 14.4. The third-order valence-electron chi connectivity index (χ3n) is 5.48. The van der Waals surface area contributed by atoms with E-state index in [-0.39, 0.29) is 23.3 Å². The minimum absolute atomic E-state index is 0.0197. The van der Waals surface area contributed by atoms with E-state index in [1.165, 1.54) is 17.8 Å². The van der Waals surface area contributed by atoms with E-state index in [9.17, 15) is 14.0 Å². The van der Waals surface area contributed by atoms with E-state index in [4.69, 9.17) is 16.6 Å². The summed E-state index contributed by atoms with van der Waals surface area (Å²) in [6.07, 6.45) is 0.636. The molecule has 1 heterocycles. The fourth-order valence-corrected chi connectivity index (χ4v) is 5.06. The van der Waals surface area contributed by atoms with Gasteiger partial charge >= 0.3 is 0 Å². The Morgan fingerprint density at radius 3 is 2.60 bits per heavy atom. The molecule has 0 saturated heterocycles. The van der Waals surface area contributed by atoms with Gasteiger partial charge in [-0.05, 0) is 56.2 Å². The molecule has 1 amide bonds. The molecule has 8 heteroatoms. The fourth-order valence-electron chi connectivity index (χ4n) is 3.69. The highest BCUT2D eigenvalue weighted by Crippen LogP contribution is 2.28. The summed E-state index contributed by atoms with van der Waals surface area (Å²) in [5.74, 6) is -0.427. The van der Waals surface area contributed by atoms with Gasteiger partial charge in [0.1, 0.15) is 5.82 Å². The Morgan fingerprint density at radius 1 is 1.11 bits per heavy atom. The van der Waals surface area contributed by atoms with E-state index in [2.05, 4.69) is 5.32 Å². The Hall–Kier alpha value is -3.16. The number of rotatable bonds is 8. The van der Waals surface area contributed by atoms with Gasteiger partial charge in [0, 0.05) is 34.5 Å². The standard InChI is InChI=1S/C27H25ClFN3O2S/c1-17(2)30-25(33)19-11-12-20-24(15-19)31-27(35-16-21-22(28)9-6-10-23(21)29)32(26(20)34)14-13-18-7-4-3-5-8-18/h3-12,15,17H,13-14,16H2,1-2H3,(H,30,33). The quantitative estimate of drug-likeness (QED) is 0.238. The number of nitrogens with one attached hydrogen (secondary N) is 1. The van der Waals surface area contributed by atoms with Crippen LogP contribution in [0.25, 0.3) is 10.9 Å². The first-order valence-electron chi connectivity index (χ1n) is 11.3. The van der Waals surface area contributed by atoms with Crippen LogP contribution < -0.4 is 10.9 Å². The summed E-state index contributed by atoms with van der Waals surface area (Å²) in [6, 6.07) is 19.3. The second kappa shape index (κ2) is 11.1. The topological polar surface area (TPSA) is 64.0 Å². The predicted octanol–water partition coefficient (Wildman–Crippen LogP) is 5.86. The van der Waals surface area contributed by atoms with Gasteiger partial charge in [0.15, 0.2) is 5.16 Å². The molecule has 1 aromatic heterocycles. The van der Waals surface area contributed by atoms with Crippen LogP contribution >= 0.6 is 23.4 Å². The van der Waals surface area contributed by atoms with Crippen LogP contribution in [0.5, 0.6) is 0 Å². The zero-order valence-electron chi connectivity index (χ0n) is 19.4. The van der Waals surface area contributed by atoms with Crippen LogP contribution in [0.1, 0.15) is 35.3 Å². The van der Waals surface area contributed by atoms with Crippen molar-refractivity contribution in [1.29, 1.82) is 0 Å². The van der Waals surface area contributed by atoms with Gasteiger partial charge in [-0.25, -0.2) is 9.37 Å². The minimum Gasteiger partial charge on any atom is -0.350 e. The van der Waals surface area contributed by atoms with E-state index in [1.54, 1.807) is 34.9 Å². The van der Waals surface area contributed by atoms with Crippen molar-refractivity contribution >= 4 is 40.2 Å². The highest BCUT2D eigenvalue weighted by molar-refractivity contribution is 7.98. The SMILES string of the molecule is CC(C)NC(=O)c1ccc2c(=O)n(CCc3ccccc3)c(SCc3c(F)cccc3Cl)nc2c1. The summed E-state index contributed by atoms with van der Waals surface area (Å²) in [5, 5.41) is 4.04. The van der Waals surface area contributed by atoms with Gasteiger partial charge in [-0.15, -0.1) is 0 Å². The fraction of sp³-hybridized carbons (Fsp3) is 0.222. The van der Waals surface area contributed by atoms with Crippen molar-refractivity contribution in [2.75, 3.05) is 0 Å². The zero-order valence-corrected chi connectivity index (χ0v) is 21.0. The van der Waals surface area contributed by atoms with E-state index < -0.39 is 5.82 Å². The number of carbonyl (C=O) groups is 1. The Morgan fingerprint density at radius 2 is 1.89 bits per heavy atom. The van der Waals surface area contributed by atoms with Crippen molar-refractivity contribution in [3.8, 4) is 0 Å². The average molecular weight is 510 g/mol. The Bertz CT molecular complexity index is 1400. The lowest BCUT2D eigenvalue weighted by Gasteiger charge is -2.15. The van der Waals surface area contributed by atoms with Crippen molar-refractivity contribution in [3.63, 3.8) is 0 Å². The predicted molar refractivity (Wildman–Crippen MR) is 140 cm³/mol. The van der Waals surface area contributed by atoms with Gasteiger partial charge in [-0.1, -0.05) is 59.8 Å². The first-order valence-corrected chi connectivity index (χ1v) is 12.6. The number of benzene rings is 3. The lowest BCUT2D eigenvalue weighted by Crippen LogP contribution is -2.30.